The second-order valence-electron chi connectivity index (χ2n) is 6.18. The molecule has 0 radical (unpaired) electrons. The summed E-state index contributed by atoms with van der Waals surface area (Å²) in [5.41, 5.74) is 13.0. The molecule has 110 valence electrons. The Hall–Kier alpha value is -1.55. The van der Waals surface area contributed by atoms with Gasteiger partial charge >= 0.3 is 0 Å². The number of rotatable bonds is 4. The molecule has 4 nitrogen and oxygen atoms in total. The van der Waals surface area contributed by atoms with Gasteiger partial charge in [-0.3, -0.25) is 4.79 Å². The van der Waals surface area contributed by atoms with Crippen LogP contribution in [0.15, 0.2) is 18.2 Å². The van der Waals surface area contributed by atoms with Crippen molar-refractivity contribution in [3.8, 4) is 5.75 Å². The normalized spacial score (nSPS) is 25.9. The SMILES string of the molecule is Cc1cc(OC2CCC(N)(C(N)=O)C2)ccc1C(C)C. The van der Waals surface area contributed by atoms with E-state index in [0.29, 0.717) is 18.8 Å². The second kappa shape index (κ2) is 5.44. The molecule has 2 atom stereocenters. The first kappa shape index (κ1) is 14.9. The van der Waals surface area contributed by atoms with Crippen LogP contribution in [0.2, 0.25) is 0 Å². The Morgan fingerprint density at radius 1 is 1.45 bits per heavy atom. The van der Waals surface area contributed by atoms with Gasteiger partial charge < -0.3 is 16.2 Å². The third-order valence-corrected chi connectivity index (χ3v) is 4.16. The van der Waals surface area contributed by atoms with Crippen molar-refractivity contribution in [3.63, 3.8) is 0 Å². The molecule has 2 unspecified atom stereocenters. The lowest BCUT2D eigenvalue weighted by Crippen LogP contribution is -2.50. The van der Waals surface area contributed by atoms with Crippen molar-refractivity contribution in [2.75, 3.05) is 0 Å². The molecular weight excluding hydrogens is 252 g/mol. The van der Waals surface area contributed by atoms with Gasteiger partial charge in [0.25, 0.3) is 0 Å². The molecule has 1 aliphatic carbocycles. The Morgan fingerprint density at radius 3 is 2.65 bits per heavy atom. The number of carbonyl (C=O) groups excluding carboxylic acids is 1. The summed E-state index contributed by atoms with van der Waals surface area (Å²) in [5, 5.41) is 0. The van der Waals surface area contributed by atoms with Gasteiger partial charge in [0.15, 0.2) is 0 Å². The van der Waals surface area contributed by atoms with E-state index < -0.39 is 11.4 Å². The lowest BCUT2D eigenvalue weighted by Gasteiger charge is -2.20. The van der Waals surface area contributed by atoms with Crippen LogP contribution in [-0.4, -0.2) is 17.6 Å². The highest BCUT2D eigenvalue weighted by Gasteiger charge is 2.41. The third kappa shape index (κ3) is 2.96. The highest BCUT2D eigenvalue weighted by atomic mass is 16.5. The van der Waals surface area contributed by atoms with Gasteiger partial charge in [-0.05, 0) is 48.9 Å². The van der Waals surface area contributed by atoms with Crippen LogP contribution >= 0.6 is 0 Å². The zero-order chi connectivity index (χ0) is 14.9. The molecule has 0 aliphatic heterocycles. The van der Waals surface area contributed by atoms with Crippen LogP contribution < -0.4 is 16.2 Å². The standard InChI is InChI=1S/C16H24N2O2/c1-10(2)14-5-4-12(8-11(14)3)20-13-6-7-16(18,9-13)15(17)19/h4-5,8,10,13H,6-7,9,18H2,1-3H3,(H2,17,19). The van der Waals surface area contributed by atoms with E-state index in [-0.39, 0.29) is 6.10 Å². The topological polar surface area (TPSA) is 78.3 Å². The van der Waals surface area contributed by atoms with Gasteiger partial charge in [0.1, 0.15) is 11.9 Å². The van der Waals surface area contributed by atoms with Gasteiger partial charge in [-0.25, -0.2) is 0 Å². The van der Waals surface area contributed by atoms with E-state index in [1.54, 1.807) is 0 Å². The lowest BCUT2D eigenvalue weighted by atomic mass is 9.98. The first-order valence-electron chi connectivity index (χ1n) is 7.18. The third-order valence-electron chi connectivity index (χ3n) is 4.16. The Bertz CT molecular complexity index is 513. The first-order chi connectivity index (χ1) is 9.32. The number of carbonyl (C=O) groups is 1. The maximum atomic E-state index is 11.3. The van der Waals surface area contributed by atoms with Gasteiger partial charge in [0.2, 0.25) is 5.91 Å². The average Bonchev–Trinajstić information content (AvgIpc) is 2.72. The summed E-state index contributed by atoms with van der Waals surface area (Å²) in [6, 6.07) is 6.15. The summed E-state index contributed by atoms with van der Waals surface area (Å²) in [4.78, 5) is 11.3. The Morgan fingerprint density at radius 2 is 2.15 bits per heavy atom. The average molecular weight is 276 g/mol. The minimum absolute atomic E-state index is 0.0307. The number of aryl methyl sites for hydroxylation is 1. The van der Waals surface area contributed by atoms with Crippen LogP contribution in [0, 0.1) is 6.92 Å². The molecule has 20 heavy (non-hydrogen) atoms. The monoisotopic (exact) mass is 276 g/mol. The Labute approximate surface area is 120 Å². The van der Waals surface area contributed by atoms with E-state index in [2.05, 4.69) is 32.9 Å². The summed E-state index contributed by atoms with van der Waals surface area (Å²) in [6.45, 7) is 6.44. The van der Waals surface area contributed by atoms with Crippen molar-refractivity contribution >= 4 is 5.91 Å². The molecule has 1 aromatic rings. The summed E-state index contributed by atoms with van der Waals surface area (Å²) in [6.07, 6.45) is 1.82. The quantitative estimate of drug-likeness (QED) is 0.885. The predicted molar refractivity (Wildman–Crippen MR) is 79.6 cm³/mol. The Kier molecular flexibility index (Phi) is 4.04. The molecule has 0 saturated heterocycles. The highest BCUT2D eigenvalue weighted by molar-refractivity contribution is 5.84. The molecule has 0 spiro atoms. The van der Waals surface area contributed by atoms with Crippen molar-refractivity contribution in [2.24, 2.45) is 11.5 Å². The Balaban J connectivity index is 2.05. The molecule has 4 N–H and O–H groups in total. The van der Waals surface area contributed by atoms with E-state index in [0.717, 1.165) is 12.2 Å². The van der Waals surface area contributed by atoms with Crippen molar-refractivity contribution in [2.45, 2.75) is 57.6 Å². The lowest BCUT2D eigenvalue weighted by molar-refractivity contribution is -0.123. The van der Waals surface area contributed by atoms with Crippen molar-refractivity contribution in [1.82, 2.24) is 0 Å². The molecule has 2 rings (SSSR count). The van der Waals surface area contributed by atoms with Crippen LogP contribution in [0.25, 0.3) is 0 Å². The summed E-state index contributed by atoms with van der Waals surface area (Å²) < 4.78 is 5.95. The molecule has 1 aromatic carbocycles. The van der Waals surface area contributed by atoms with E-state index in [1.807, 2.05) is 6.07 Å². The summed E-state index contributed by atoms with van der Waals surface area (Å²) >= 11 is 0. The number of hydrogen-bond acceptors (Lipinski definition) is 3. The van der Waals surface area contributed by atoms with E-state index in [4.69, 9.17) is 16.2 Å². The van der Waals surface area contributed by atoms with Crippen LogP contribution in [0.1, 0.15) is 50.2 Å². The molecule has 0 bridgehead atoms. The van der Waals surface area contributed by atoms with Gasteiger partial charge in [0.05, 0.1) is 5.54 Å². The molecule has 4 heteroatoms. The smallest absolute Gasteiger partial charge is 0.237 e. The van der Waals surface area contributed by atoms with Crippen molar-refractivity contribution < 1.29 is 9.53 Å². The number of amides is 1. The van der Waals surface area contributed by atoms with Crippen LogP contribution in [0.4, 0.5) is 0 Å². The van der Waals surface area contributed by atoms with Crippen molar-refractivity contribution in [1.29, 1.82) is 0 Å². The van der Waals surface area contributed by atoms with Gasteiger partial charge in [-0.2, -0.15) is 0 Å². The number of hydrogen-bond donors (Lipinski definition) is 2. The summed E-state index contributed by atoms with van der Waals surface area (Å²) in [5.74, 6) is 0.905. The first-order valence-corrected chi connectivity index (χ1v) is 7.18. The van der Waals surface area contributed by atoms with Gasteiger partial charge in [0, 0.05) is 6.42 Å². The molecule has 0 heterocycles. The fraction of sp³-hybridized carbons (Fsp3) is 0.562. The minimum Gasteiger partial charge on any atom is -0.490 e. The van der Waals surface area contributed by atoms with Gasteiger partial charge in [-0.15, -0.1) is 0 Å². The predicted octanol–water partition coefficient (Wildman–Crippen LogP) is 2.23. The number of benzene rings is 1. The van der Waals surface area contributed by atoms with E-state index in [1.165, 1.54) is 11.1 Å². The molecular formula is C16H24N2O2. The number of primary amides is 1. The van der Waals surface area contributed by atoms with Gasteiger partial charge in [-0.1, -0.05) is 19.9 Å². The van der Waals surface area contributed by atoms with Crippen LogP contribution in [0.3, 0.4) is 0 Å². The molecule has 1 fully saturated rings. The maximum absolute atomic E-state index is 11.3. The zero-order valence-corrected chi connectivity index (χ0v) is 12.5. The zero-order valence-electron chi connectivity index (χ0n) is 12.5. The second-order valence-corrected chi connectivity index (χ2v) is 6.18. The maximum Gasteiger partial charge on any atom is 0.237 e. The number of nitrogens with two attached hydrogens (primary N) is 2. The molecule has 1 amide bonds. The fourth-order valence-corrected chi connectivity index (χ4v) is 2.92. The highest BCUT2D eigenvalue weighted by Crippen LogP contribution is 2.32. The van der Waals surface area contributed by atoms with Crippen LogP contribution in [0.5, 0.6) is 5.75 Å². The van der Waals surface area contributed by atoms with Crippen LogP contribution in [-0.2, 0) is 4.79 Å². The minimum atomic E-state index is -0.905. The molecule has 1 aliphatic rings. The van der Waals surface area contributed by atoms with E-state index in [9.17, 15) is 4.79 Å². The fourth-order valence-electron chi connectivity index (χ4n) is 2.92. The largest absolute Gasteiger partial charge is 0.490 e. The summed E-state index contributed by atoms with van der Waals surface area (Å²) in [7, 11) is 0. The number of ether oxygens (including phenoxy) is 1. The van der Waals surface area contributed by atoms with Crippen molar-refractivity contribution in [3.05, 3.63) is 29.3 Å². The molecule has 0 aromatic heterocycles. The van der Waals surface area contributed by atoms with E-state index >= 15 is 0 Å². The molecule has 1 saturated carbocycles.